The third kappa shape index (κ3) is 7.58. The van der Waals surface area contributed by atoms with Gasteiger partial charge in [0.25, 0.3) is 0 Å². The fraction of sp³-hybridized carbons (Fsp3) is 0.549. The van der Waals surface area contributed by atoms with Crippen molar-refractivity contribution in [2.24, 2.45) is 47.3 Å². The van der Waals surface area contributed by atoms with Crippen LogP contribution in [0.3, 0.4) is 0 Å². The molecule has 0 N–H and O–H groups in total. The van der Waals surface area contributed by atoms with E-state index < -0.39 is 82.4 Å². The molecule has 9 aliphatic rings. The molecule has 64 heavy (non-hydrogen) atoms. The van der Waals surface area contributed by atoms with Gasteiger partial charge in [-0.2, -0.15) is 0 Å². The van der Waals surface area contributed by atoms with E-state index in [1.807, 2.05) is 68.4 Å². The van der Waals surface area contributed by atoms with Crippen LogP contribution >= 0.6 is 19.9 Å². The second-order valence-electron chi connectivity index (χ2n) is 20.0. The molecule has 1 unspecified atom stereocenters. The topological polar surface area (TPSA) is 141 Å². The van der Waals surface area contributed by atoms with Gasteiger partial charge in [0.2, 0.25) is 0 Å². The Balaban J connectivity index is 0.850. The van der Waals surface area contributed by atoms with Gasteiger partial charge >= 0.3 is 29.8 Å². The van der Waals surface area contributed by atoms with Crippen molar-refractivity contribution in [3.63, 3.8) is 0 Å². The summed E-state index contributed by atoms with van der Waals surface area (Å²) in [5, 5.41) is 0. The molecule has 8 bridgehead atoms. The average Bonchev–Trinajstić information content (AvgIpc) is 3.55. The van der Waals surface area contributed by atoms with Crippen LogP contribution < -0.4 is 4.74 Å². The van der Waals surface area contributed by atoms with E-state index in [2.05, 4.69) is 0 Å². The average molecular weight is 914 g/mol. The number of hydrogen-bond donors (Lipinski definition) is 0. The number of hydrogen-bond acceptors (Lipinski definition) is 11. The van der Waals surface area contributed by atoms with Gasteiger partial charge in [0.15, 0.2) is 19.8 Å². The predicted octanol–water partition coefficient (Wildman–Crippen LogP) is 9.73. The third-order valence-corrected chi connectivity index (χ3v) is 20.8. The number of benzene rings is 3. The smallest absolute Gasteiger partial charge is 0.344 e. The first kappa shape index (κ1) is 43.3. The highest BCUT2D eigenvalue weighted by Crippen LogP contribution is 2.79. The summed E-state index contributed by atoms with van der Waals surface area (Å²) in [4.78, 5) is 70.0. The van der Waals surface area contributed by atoms with Crippen LogP contribution in [-0.2, 0) is 47.7 Å². The molecule has 13 heteroatoms. The minimum absolute atomic E-state index is 0.274. The fourth-order valence-corrected chi connectivity index (χ4v) is 17.5. The lowest BCUT2D eigenvalue weighted by Gasteiger charge is -2.59. The maximum atomic E-state index is 14.2. The standard InChI is InChI=1S/C51H57ClO11S/c1-50(33-16-29-14-30(18-33)19-34(50)17-29)62-47(55)27-59-45(53)25-41(49(57)61-26-46(54)60-28-48(56)63-51(2)35-20-31-15-32(22-35)23-36(51)21-31)40-24-37(12-13-42(40)58-3)64(52)43-10-6-4-8-38(43)39-9-5-7-11-44(39)64/h4-13,24,29-36,41H,14-23,25-28H2,1-3H3. The lowest BCUT2D eigenvalue weighted by molar-refractivity contribution is -0.207. The van der Waals surface area contributed by atoms with Gasteiger partial charge in [-0.15, -0.1) is 0 Å². The number of esters is 5. The molecule has 0 spiro atoms. The van der Waals surface area contributed by atoms with E-state index in [1.165, 1.54) is 20.0 Å². The van der Waals surface area contributed by atoms with Gasteiger partial charge in [0, 0.05) is 20.2 Å². The zero-order valence-corrected chi connectivity index (χ0v) is 38.3. The number of halogens is 1. The molecule has 8 aliphatic carbocycles. The van der Waals surface area contributed by atoms with Crippen LogP contribution in [0.5, 0.6) is 5.75 Å². The zero-order chi connectivity index (χ0) is 44.5. The molecule has 1 aliphatic heterocycles. The van der Waals surface area contributed by atoms with E-state index in [0.717, 1.165) is 72.3 Å². The SMILES string of the molecule is COc1ccc(S2(Cl)c3ccccc3-c3ccccc32)cc1C(CC(=O)OCC(=O)OC1(C)C2CC3CC(C2)CC1C3)C(=O)OCC(=O)OCC(=O)OC1(C)C2CC3CC(C2)CC1C3. The molecule has 8 fully saturated rings. The first-order valence-electron chi connectivity index (χ1n) is 23.1. The molecule has 8 saturated carbocycles. The first-order valence-corrected chi connectivity index (χ1v) is 25.5. The van der Waals surface area contributed by atoms with Crippen LogP contribution in [0, 0.1) is 47.3 Å². The van der Waals surface area contributed by atoms with Crippen LogP contribution in [0.2, 0.25) is 0 Å². The summed E-state index contributed by atoms with van der Waals surface area (Å²) in [7, 11) is 6.86. The Kier molecular flexibility index (Phi) is 11.3. The van der Waals surface area contributed by atoms with Crippen molar-refractivity contribution in [2.45, 2.75) is 116 Å². The maximum absolute atomic E-state index is 14.2. The normalized spacial score (nSPS) is 32.7. The van der Waals surface area contributed by atoms with E-state index in [9.17, 15) is 24.0 Å². The van der Waals surface area contributed by atoms with Crippen molar-refractivity contribution in [3.8, 4) is 16.9 Å². The molecular formula is C51H57ClO11S. The fourth-order valence-electron chi connectivity index (χ4n) is 13.6. The van der Waals surface area contributed by atoms with Crippen LogP contribution in [0.4, 0.5) is 0 Å². The summed E-state index contributed by atoms with van der Waals surface area (Å²) >= 11 is 0. The second-order valence-corrected chi connectivity index (χ2v) is 23.9. The molecule has 0 amide bonds. The van der Waals surface area contributed by atoms with Crippen molar-refractivity contribution in [1.29, 1.82) is 0 Å². The number of ether oxygens (including phenoxy) is 6. The Hall–Kier alpha value is -4.55. The third-order valence-electron chi connectivity index (χ3n) is 16.4. The number of rotatable bonds is 14. The zero-order valence-electron chi connectivity index (χ0n) is 36.7. The number of carbonyl (C=O) groups excluding carboxylic acids is 5. The van der Waals surface area contributed by atoms with Gasteiger partial charge in [-0.3, -0.25) is 9.59 Å². The van der Waals surface area contributed by atoms with E-state index in [4.69, 9.17) is 39.1 Å². The van der Waals surface area contributed by atoms with E-state index in [0.29, 0.717) is 40.4 Å². The highest BCUT2D eigenvalue weighted by atomic mass is 35.7. The lowest BCUT2D eigenvalue weighted by Crippen LogP contribution is -2.58. The Labute approximate surface area is 380 Å². The summed E-state index contributed by atoms with van der Waals surface area (Å²) in [5.41, 5.74) is 1.09. The molecule has 0 saturated heterocycles. The Morgan fingerprint density at radius 3 is 1.50 bits per heavy atom. The largest absolute Gasteiger partial charge is 0.496 e. The van der Waals surface area contributed by atoms with Crippen LogP contribution in [0.15, 0.2) is 81.4 Å². The molecule has 1 heterocycles. The Morgan fingerprint density at radius 2 is 1.03 bits per heavy atom. The molecule has 3 aromatic carbocycles. The second kappa shape index (κ2) is 16.7. The van der Waals surface area contributed by atoms with Crippen molar-refractivity contribution in [3.05, 3.63) is 72.3 Å². The van der Waals surface area contributed by atoms with Crippen LogP contribution in [0.25, 0.3) is 11.1 Å². The number of methoxy groups -OCH3 is 1. The van der Waals surface area contributed by atoms with Gasteiger partial charge in [0.1, 0.15) is 17.0 Å². The van der Waals surface area contributed by atoms with Crippen LogP contribution in [-0.4, -0.2) is 68.0 Å². The molecule has 1 atom stereocenters. The van der Waals surface area contributed by atoms with Gasteiger partial charge in [-0.1, -0.05) is 56.3 Å². The van der Waals surface area contributed by atoms with E-state index >= 15 is 0 Å². The van der Waals surface area contributed by atoms with Gasteiger partial charge in [-0.25, -0.2) is 14.4 Å². The monoisotopic (exact) mass is 912 g/mol. The van der Waals surface area contributed by atoms with Crippen molar-refractivity contribution in [1.82, 2.24) is 0 Å². The molecule has 340 valence electrons. The number of fused-ring (bicyclic) bond motifs is 3. The summed E-state index contributed by atoms with van der Waals surface area (Å²) < 4.78 is 34.3. The number of carbonyl (C=O) groups is 5. The van der Waals surface area contributed by atoms with Crippen molar-refractivity contribution >= 4 is 49.8 Å². The van der Waals surface area contributed by atoms with Crippen LogP contribution in [0.1, 0.15) is 96.0 Å². The van der Waals surface area contributed by atoms with Gasteiger partial charge in [0.05, 0.1) is 19.4 Å². The van der Waals surface area contributed by atoms with Crippen molar-refractivity contribution in [2.75, 3.05) is 26.9 Å². The predicted molar refractivity (Wildman–Crippen MR) is 236 cm³/mol. The summed E-state index contributed by atoms with van der Waals surface area (Å²) in [6.45, 7) is 1.97. The highest BCUT2D eigenvalue weighted by Gasteiger charge is 2.58. The Bertz CT molecular complexity index is 2280. The summed E-state index contributed by atoms with van der Waals surface area (Å²) in [6.07, 6.45) is 10.3. The lowest BCUT2D eigenvalue weighted by atomic mass is 9.50. The molecular weight excluding hydrogens is 856 g/mol. The highest BCUT2D eigenvalue weighted by molar-refractivity contribution is 8.51. The summed E-state index contributed by atoms with van der Waals surface area (Å²) in [5.74, 6) is -1.17. The molecule has 0 aromatic heterocycles. The minimum Gasteiger partial charge on any atom is -0.496 e. The molecule has 3 aromatic rings. The quantitative estimate of drug-likeness (QED) is 0.113. The van der Waals surface area contributed by atoms with Crippen molar-refractivity contribution < 1.29 is 52.4 Å². The van der Waals surface area contributed by atoms with Gasteiger partial charge in [-0.05, 0) is 167 Å². The molecule has 12 rings (SSSR count). The van der Waals surface area contributed by atoms with E-state index in [-0.39, 0.29) is 23.1 Å². The minimum atomic E-state index is -2.38. The molecule has 11 nitrogen and oxygen atoms in total. The van der Waals surface area contributed by atoms with E-state index in [1.54, 1.807) is 12.1 Å². The van der Waals surface area contributed by atoms with Gasteiger partial charge < -0.3 is 28.4 Å². The Morgan fingerprint density at radius 1 is 0.594 bits per heavy atom. The first-order chi connectivity index (χ1) is 30.7. The summed E-state index contributed by atoms with van der Waals surface area (Å²) in [6, 6.07) is 21.2. The maximum Gasteiger partial charge on any atom is 0.344 e. The molecule has 0 radical (unpaired) electrons.